The molecule has 2 atom stereocenters. The number of methoxy groups -OCH3 is 1. The average Bonchev–Trinajstić information content (AvgIpc) is 2.63. The molecule has 0 saturated heterocycles. The third-order valence-corrected chi connectivity index (χ3v) is 2.21. The Hall–Kier alpha value is -0.0800. The molecule has 0 aromatic carbocycles. The molecule has 0 heterocycles. The van der Waals surface area contributed by atoms with Gasteiger partial charge in [-0.15, -0.1) is 0 Å². The molecule has 1 N–H and O–H groups in total. The summed E-state index contributed by atoms with van der Waals surface area (Å²) in [5.41, 5.74) is 0. The summed E-state index contributed by atoms with van der Waals surface area (Å²) in [6, 6.07) is 0. The maximum Gasteiger partial charge on any atom is 0.0564 e. The first-order chi connectivity index (χ1) is 4.75. The fourth-order valence-corrected chi connectivity index (χ4v) is 1.39. The van der Waals surface area contributed by atoms with Gasteiger partial charge in [0.15, 0.2) is 0 Å². The van der Waals surface area contributed by atoms with E-state index in [0.717, 1.165) is 5.92 Å². The van der Waals surface area contributed by atoms with Gasteiger partial charge >= 0.3 is 0 Å². The Bertz CT molecular complexity index is 95.4. The lowest BCUT2D eigenvalue weighted by atomic mass is 9.99. The van der Waals surface area contributed by atoms with Gasteiger partial charge in [0.1, 0.15) is 0 Å². The van der Waals surface area contributed by atoms with Gasteiger partial charge in [-0.2, -0.15) is 0 Å². The third kappa shape index (κ3) is 1.96. The fourth-order valence-electron chi connectivity index (χ4n) is 1.39. The lowest BCUT2D eigenvalue weighted by Gasteiger charge is -2.17. The van der Waals surface area contributed by atoms with E-state index < -0.39 is 0 Å². The number of aliphatic hydroxyl groups excluding tert-OH is 1. The van der Waals surface area contributed by atoms with Gasteiger partial charge < -0.3 is 9.84 Å². The largest absolute Gasteiger partial charge is 0.393 e. The van der Waals surface area contributed by atoms with E-state index in [-0.39, 0.29) is 6.10 Å². The zero-order chi connectivity index (χ0) is 7.56. The van der Waals surface area contributed by atoms with Crippen LogP contribution in [0.2, 0.25) is 0 Å². The van der Waals surface area contributed by atoms with E-state index >= 15 is 0 Å². The smallest absolute Gasteiger partial charge is 0.0564 e. The third-order valence-electron chi connectivity index (χ3n) is 2.21. The molecule has 0 radical (unpaired) electrons. The highest BCUT2D eigenvalue weighted by Gasteiger charge is 2.33. The minimum absolute atomic E-state index is 0.201. The number of ether oxygens (including phenoxy) is 1. The molecule has 1 aliphatic carbocycles. The maximum absolute atomic E-state index is 9.27. The SMILES string of the molecule is COCC(C(C)O)C1CC1. The summed E-state index contributed by atoms with van der Waals surface area (Å²) in [7, 11) is 1.69. The van der Waals surface area contributed by atoms with E-state index in [4.69, 9.17) is 4.74 Å². The van der Waals surface area contributed by atoms with Crippen molar-refractivity contribution in [1.29, 1.82) is 0 Å². The number of rotatable bonds is 4. The van der Waals surface area contributed by atoms with Crippen molar-refractivity contribution in [2.45, 2.75) is 25.9 Å². The van der Waals surface area contributed by atoms with Crippen LogP contribution >= 0.6 is 0 Å². The van der Waals surface area contributed by atoms with Crippen LogP contribution in [0.5, 0.6) is 0 Å². The molecular formula is C8H16O2. The van der Waals surface area contributed by atoms with Gasteiger partial charge in [-0.3, -0.25) is 0 Å². The van der Waals surface area contributed by atoms with Crippen molar-refractivity contribution in [1.82, 2.24) is 0 Å². The van der Waals surface area contributed by atoms with E-state index in [2.05, 4.69) is 0 Å². The van der Waals surface area contributed by atoms with Crippen LogP contribution in [0, 0.1) is 11.8 Å². The Morgan fingerprint density at radius 1 is 1.60 bits per heavy atom. The molecule has 0 amide bonds. The Kier molecular flexibility index (Phi) is 2.69. The summed E-state index contributed by atoms with van der Waals surface area (Å²) in [5.74, 6) is 1.12. The number of hydrogen-bond donors (Lipinski definition) is 1. The molecule has 1 saturated carbocycles. The monoisotopic (exact) mass is 144 g/mol. The van der Waals surface area contributed by atoms with Gasteiger partial charge in [0, 0.05) is 13.0 Å². The van der Waals surface area contributed by atoms with Gasteiger partial charge in [0.25, 0.3) is 0 Å². The van der Waals surface area contributed by atoms with E-state index in [1.807, 2.05) is 6.92 Å². The van der Waals surface area contributed by atoms with Crippen molar-refractivity contribution >= 4 is 0 Å². The van der Waals surface area contributed by atoms with Crippen LogP contribution in [-0.2, 0) is 4.74 Å². The zero-order valence-corrected chi connectivity index (χ0v) is 6.71. The van der Waals surface area contributed by atoms with E-state index in [9.17, 15) is 5.11 Å². The van der Waals surface area contributed by atoms with Crippen molar-refractivity contribution in [2.75, 3.05) is 13.7 Å². The molecule has 0 bridgehead atoms. The number of hydrogen-bond acceptors (Lipinski definition) is 2. The van der Waals surface area contributed by atoms with Crippen LogP contribution in [0.3, 0.4) is 0 Å². The van der Waals surface area contributed by atoms with Crippen molar-refractivity contribution in [3.63, 3.8) is 0 Å². The Morgan fingerprint density at radius 3 is 2.50 bits per heavy atom. The molecule has 2 nitrogen and oxygen atoms in total. The van der Waals surface area contributed by atoms with Crippen molar-refractivity contribution < 1.29 is 9.84 Å². The molecule has 0 aromatic rings. The molecule has 0 aliphatic heterocycles. The molecule has 10 heavy (non-hydrogen) atoms. The molecule has 1 rings (SSSR count). The second-order valence-corrected chi connectivity index (χ2v) is 3.20. The van der Waals surface area contributed by atoms with Crippen LogP contribution in [0.25, 0.3) is 0 Å². The van der Waals surface area contributed by atoms with Gasteiger partial charge in [-0.1, -0.05) is 0 Å². The van der Waals surface area contributed by atoms with E-state index in [0.29, 0.717) is 12.5 Å². The summed E-state index contributed by atoms with van der Waals surface area (Å²) < 4.78 is 5.01. The summed E-state index contributed by atoms with van der Waals surface area (Å²) >= 11 is 0. The lowest BCUT2D eigenvalue weighted by Crippen LogP contribution is -2.23. The fraction of sp³-hybridized carbons (Fsp3) is 1.00. The topological polar surface area (TPSA) is 29.5 Å². The van der Waals surface area contributed by atoms with Crippen molar-refractivity contribution in [3.8, 4) is 0 Å². The van der Waals surface area contributed by atoms with Crippen LogP contribution in [-0.4, -0.2) is 24.9 Å². The van der Waals surface area contributed by atoms with Crippen LogP contribution in [0.1, 0.15) is 19.8 Å². The number of aliphatic hydroxyl groups is 1. The van der Waals surface area contributed by atoms with Crippen LogP contribution in [0.4, 0.5) is 0 Å². The van der Waals surface area contributed by atoms with Crippen molar-refractivity contribution in [2.24, 2.45) is 11.8 Å². The van der Waals surface area contributed by atoms with Crippen molar-refractivity contribution in [3.05, 3.63) is 0 Å². The second kappa shape index (κ2) is 3.35. The zero-order valence-electron chi connectivity index (χ0n) is 6.71. The molecule has 0 spiro atoms. The second-order valence-electron chi connectivity index (χ2n) is 3.20. The van der Waals surface area contributed by atoms with Gasteiger partial charge in [0.05, 0.1) is 12.7 Å². The first-order valence-electron chi connectivity index (χ1n) is 3.92. The molecule has 2 unspecified atom stereocenters. The predicted molar refractivity (Wildman–Crippen MR) is 39.8 cm³/mol. The van der Waals surface area contributed by atoms with Crippen LogP contribution in [0.15, 0.2) is 0 Å². The summed E-state index contributed by atoms with van der Waals surface area (Å²) in [6.07, 6.45) is 2.35. The summed E-state index contributed by atoms with van der Waals surface area (Å²) in [4.78, 5) is 0. The molecule has 60 valence electrons. The average molecular weight is 144 g/mol. The normalized spacial score (nSPS) is 24.3. The van der Waals surface area contributed by atoms with Gasteiger partial charge in [-0.25, -0.2) is 0 Å². The Labute approximate surface area is 62.2 Å². The van der Waals surface area contributed by atoms with Gasteiger partial charge in [-0.05, 0) is 25.7 Å². The summed E-state index contributed by atoms with van der Waals surface area (Å²) in [6.45, 7) is 2.56. The highest BCUT2D eigenvalue weighted by Crippen LogP contribution is 2.38. The minimum Gasteiger partial charge on any atom is -0.393 e. The highest BCUT2D eigenvalue weighted by atomic mass is 16.5. The predicted octanol–water partition coefficient (Wildman–Crippen LogP) is 1.04. The first-order valence-corrected chi connectivity index (χ1v) is 3.92. The van der Waals surface area contributed by atoms with E-state index in [1.165, 1.54) is 12.8 Å². The lowest BCUT2D eigenvalue weighted by molar-refractivity contribution is 0.0474. The Balaban J connectivity index is 2.26. The maximum atomic E-state index is 9.27. The summed E-state index contributed by atoms with van der Waals surface area (Å²) in [5, 5.41) is 9.27. The standard InChI is InChI=1S/C8H16O2/c1-6(9)8(5-10-2)7-3-4-7/h6-9H,3-5H2,1-2H3. The quantitative estimate of drug-likeness (QED) is 0.638. The van der Waals surface area contributed by atoms with E-state index in [1.54, 1.807) is 7.11 Å². The molecule has 1 aliphatic rings. The van der Waals surface area contributed by atoms with Gasteiger partial charge in [0.2, 0.25) is 0 Å². The molecule has 1 fully saturated rings. The molecule has 0 aromatic heterocycles. The molecular weight excluding hydrogens is 128 g/mol. The first kappa shape index (κ1) is 8.02. The highest BCUT2D eigenvalue weighted by molar-refractivity contribution is 4.83. The van der Waals surface area contributed by atoms with Crippen LogP contribution < -0.4 is 0 Å². The minimum atomic E-state index is -0.201. The Morgan fingerprint density at radius 2 is 2.20 bits per heavy atom. The molecule has 2 heteroatoms.